The molecule has 1 aromatic heterocycles. The minimum absolute atomic E-state index is 0.0883. The third kappa shape index (κ3) is 3.28. The number of ketones is 1. The summed E-state index contributed by atoms with van der Waals surface area (Å²) in [6.45, 7) is 3.84. The van der Waals surface area contributed by atoms with Gasteiger partial charge < -0.3 is 10.1 Å². The summed E-state index contributed by atoms with van der Waals surface area (Å²) >= 11 is 0. The molecule has 0 fully saturated rings. The highest BCUT2D eigenvalue weighted by Crippen LogP contribution is 2.35. The SMILES string of the molecule is CC1(C)CC(=O)c2cc(Nc3ccc(-c4ccccc4)nn3)ccc2O1. The lowest BCUT2D eigenvalue weighted by Gasteiger charge is -2.31. The molecule has 0 unspecified atom stereocenters. The number of benzene rings is 2. The lowest BCUT2D eigenvalue weighted by Crippen LogP contribution is -2.35. The van der Waals surface area contributed by atoms with Gasteiger partial charge in [0.1, 0.15) is 11.4 Å². The Labute approximate surface area is 152 Å². The molecular weight excluding hydrogens is 326 g/mol. The monoisotopic (exact) mass is 345 g/mol. The van der Waals surface area contributed by atoms with Gasteiger partial charge in [0, 0.05) is 11.3 Å². The summed E-state index contributed by atoms with van der Waals surface area (Å²) in [6.07, 6.45) is 0.370. The van der Waals surface area contributed by atoms with Crippen molar-refractivity contribution in [2.24, 2.45) is 0 Å². The molecule has 0 amide bonds. The second-order valence-corrected chi connectivity index (χ2v) is 6.97. The molecule has 0 bridgehead atoms. The standard InChI is InChI=1S/C21H19N3O2/c1-21(2)13-18(25)16-12-15(8-10-19(16)26-21)22-20-11-9-17(23-24-20)14-6-4-3-5-7-14/h3-12H,13H2,1-2H3,(H,22,24). The van der Waals surface area contributed by atoms with Crippen molar-refractivity contribution >= 4 is 17.3 Å². The van der Waals surface area contributed by atoms with Crippen LogP contribution in [0.25, 0.3) is 11.3 Å². The molecule has 0 spiro atoms. The first-order valence-electron chi connectivity index (χ1n) is 8.53. The summed E-state index contributed by atoms with van der Waals surface area (Å²) in [5, 5.41) is 11.7. The molecule has 2 aromatic carbocycles. The van der Waals surface area contributed by atoms with E-state index in [1.54, 1.807) is 6.07 Å². The summed E-state index contributed by atoms with van der Waals surface area (Å²) in [6, 6.07) is 19.2. The number of nitrogens with one attached hydrogen (secondary N) is 1. The Morgan fingerprint density at radius 2 is 1.81 bits per heavy atom. The van der Waals surface area contributed by atoms with Crippen LogP contribution in [0.2, 0.25) is 0 Å². The van der Waals surface area contributed by atoms with Crippen molar-refractivity contribution in [3.63, 3.8) is 0 Å². The van der Waals surface area contributed by atoms with Gasteiger partial charge in [-0.1, -0.05) is 30.3 Å². The fourth-order valence-electron chi connectivity index (χ4n) is 3.04. The first-order valence-corrected chi connectivity index (χ1v) is 8.53. The van der Waals surface area contributed by atoms with E-state index in [9.17, 15) is 4.79 Å². The van der Waals surface area contributed by atoms with Crippen molar-refractivity contribution in [2.75, 3.05) is 5.32 Å². The number of anilines is 2. The minimum atomic E-state index is -0.461. The Morgan fingerprint density at radius 3 is 2.54 bits per heavy atom. The normalized spacial score (nSPS) is 15.1. The van der Waals surface area contributed by atoms with E-state index in [1.165, 1.54) is 0 Å². The van der Waals surface area contributed by atoms with Crippen LogP contribution < -0.4 is 10.1 Å². The molecule has 3 aromatic rings. The zero-order chi connectivity index (χ0) is 18.1. The molecule has 0 aliphatic carbocycles. The zero-order valence-corrected chi connectivity index (χ0v) is 14.7. The molecule has 0 atom stereocenters. The average Bonchev–Trinajstić information content (AvgIpc) is 2.63. The molecule has 5 heteroatoms. The van der Waals surface area contributed by atoms with Crippen molar-refractivity contribution in [3.8, 4) is 17.0 Å². The van der Waals surface area contributed by atoms with Crippen molar-refractivity contribution in [2.45, 2.75) is 25.9 Å². The van der Waals surface area contributed by atoms with E-state index in [0.29, 0.717) is 23.6 Å². The molecule has 1 N–H and O–H groups in total. The maximum absolute atomic E-state index is 12.4. The van der Waals surface area contributed by atoms with E-state index in [1.807, 2.05) is 68.4 Å². The number of carbonyl (C=O) groups excluding carboxylic acids is 1. The molecule has 0 radical (unpaired) electrons. The van der Waals surface area contributed by atoms with Crippen molar-refractivity contribution < 1.29 is 9.53 Å². The second-order valence-electron chi connectivity index (χ2n) is 6.97. The summed E-state index contributed by atoms with van der Waals surface area (Å²) in [7, 11) is 0. The van der Waals surface area contributed by atoms with Gasteiger partial charge in [-0.3, -0.25) is 4.79 Å². The molecule has 130 valence electrons. The highest BCUT2D eigenvalue weighted by Gasteiger charge is 2.32. The van der Waals surface area contributed by atoms with Crippen LogP contribution in [-0.2, 0) is 0 Å². The largest absolute Gasteiger partial charge is 0.487 e. The number of fused-ring (bicyclic) bond motifs is 1. The van der Waals surface area contributed by atoms with Crippen molar-refractivity contribution in [1.29, 1.82) is 0 Å². The predicted octanol–water partition coefficient (Wildman–Crippen LogP) is 4.63. The quantitative estimate of drug-likeness (QED) is 0.750. The molecule has 26 heavy (non-hydrogen) atoms. The lowest BCUT2D eigenvalue weighted by atomic mass is 9.93. The fraction of sp³-hybridized carbons (Fsp3) is 0.190. The Morgan fingerprint density at radius 1 is 1.00 bits per heavy atom. The zero-order valence-electron chi connectivity index (χ0n) is 14.7. The van der Waals surface area contributed by atoms with Crippen LogP contribution in [0.3, 0.4) is 0 Å². The molecule has 5 nitrogen and oxygen atoms in total. The van der Waals surface area contributed by atoms with Crippen LogP contribution in [-0.4, -0.2) is 21.6 Å². The summed E-state index contributed by atoms with van der Waals surface area (Å²) in [5.41, 5.74) is 2.75. The number of nitrogens with zero attached hydrogens (tertiary/aromatic N) is 2. The number of ether oxygens (including phenoxy) is 1. The Balaban J connectivity index is 1.55. The number of aromatic nitrogens is 2. The number of Topliss-reactive ketones (excluding diaryl/α,β-unsaturated/α-hetero) is 1. The van der Waals surface area contributed by atoms with Crippen molar-refractivity contribution in [3.05, 3.63) is 66.2 Å². The summed E-state index contributed by atoms with van der Waals surface area (Å²) in [5.74, 6) is 1.34. The fourth-order valence-corrected chi connectivity index (χ4v) is 3.04. The van der Waals surface area contributed by atoms with E-state index >= 15 is 0 Å². The van der Waals surface area contributed by atoms with Gasteiger partial charge >= 0.3 is 0 Å². The smallest absolute Gasteiger partial charge is 0.170 e. The molecule has 4 rings (SSSR count). The van der Waals surface area contributed by atoms with Gasteiger partial charge in [-0.2, -0.15) is 0 Å². The van der Waals surface area contributed by atoms with Gasteiger partial charge in [0.2, 0.25) is 0 Å². The number of hydrogen-bond acceptors (Lipinski definition) is 5. The van der Waals surface area contributed by atoms with Crippen LogP contribution >= 0.6 is 0 Å². The van der Waals surface area contributed by atoms with Gasteiger partial charge in [-0.05, 0) is 44.2 Å². The molecule has 0 saturated heterocycles. The Kier molecular flexibility index (Phi) is 3.92. The molecule has 1 aliphatic heterocycles. The van der Waals surface area contributed by atoms with E-state index in [0.717, 1.165) is 16.9 Å². The first kappa shape index (κ1) is 16.3. The summed E-state index contributed by atoms with van der Waals surface area (Å²) in [4.78, 5) is 12.4. The van der Waals surface area contributed by atoms with Gasteiger partial charge in [0.15, 0.2) is 11.6 Å². The highest BCUT2D eigenvalue weighted by molar-refractivity contribution is 6.01. The van der Waals surface area contributed by atoms with Gasteiger partial charge in [0.25, 0.3) is 0 Å². The number of rotatable bonds is 3. The number of carbonyl (C=O) groups is 1. The van der Waals surface area contributed by atoms with E-state index in [2.05, 4.69) is 15.5 Å². The lowest BCUT2D eigenvalue weighted by molar-refractivity contribution is 0.0620. The molecule has 0 saturated carbocycles. The second kappa shape index (κ2) is 6.26. The van der Waals surface area contributed by atoms with Gasteiger partial charge in [-0.25, -0.2) is 0 Å². The van der Waals surface area contributed by atoms with Crippen LogP contribution in [0.1, 0.15) is 30.6 Å². The third-order valence-corrected chi connectivity index (χ3v) is 4.26. The number of hydrogen-bond donors (Lipinski definition) is 1. The molecule has 2 heterocycles. The Hall–Kier alpha value is -3.21. The van der Waals surface area contributed by atoms with Crippen LogP contribution in [0.4, 0.5) is 11.5 Å². The third-order valence-electron chi connectivity index (χ3n) is 4.26. The van der Waals surface area contributed by atoms with Crippen molar-refractivity contribution in [1.82, 2.24) is 10.2 Å². The minimum Gasteiger partial charge on any atom is -0.487 e. The van der Waals surface area contributed by atoms with Crippen LogP contribution in [0.15, 0.2) is 60.7 Å². The van der Waals surface area contributed by atoms with Gasteiger partial charge in [-0.15, -0.1) is 10.2 Å². The first-order chi connectivity index (χ1) is 12.5. The highest BCUT2D eigenvalue weighted by atomic mass is 16.5. The van der Waals surface area contributed by atoms with Gasteiger partial charge in [0.05, 0.1) is 17.7 Å². The maximum Gasteiger partial charge on any atom is 0.170 e. The van der Waals surface area contributed by atoms with E-state index in [-0.39, 0.29) is 5.78 Å². The van der Waals surface area contributed by atoms with Crippen LogP contribution in [0, 0.1) is 0 Å². The van der Waals surface area contributed by atoms with E-state index < -0.39 is 5.60 Å². The Bertz CT molecular complexity index is 951. The van der Waals surface area contributed by atoms with E-state index in [4.69, 9.17) is 4.74 Å². The average molecular weight is 345 g/mol. The molecule has 1 aliphatic rings. The topological polar surface area (TPSA) is 64.1 Å². The molecular formula is C21H19N3O2. The maximum atomic E-state index is 12.4. The predicted molar refractivity (Wildman–Crippen MR) is 101 cm³/mol. The van der Waals surface area contributed by atoms with Crippen LogP contribution in [0.5, 0.6) is 5.75 Å². The summed E-state index contributed by atoms with van der Waals surface area (Å²) < 4.78 is 5.88.